The third kappa shape index (κ3) is 4.87. The van der Waals surface area contributed by atoms with Gasteiger partial charge in [0.25, 0.3) is 0 Å². The van der Waals surface area contributed by atoms with Gasteiger partial charge in [-0.1, -0.05) is 12.1 Å². The molecule has 6 nitrogen and oxygen atoms in total. The maximum Gasteiger partial charge on any atom is 0.338 e. The van der Waals surface area contributed by atoms with E-state index < -0.39 is 16.0 Å². The number of aryl methyl sites for hydroxylation is 1. The third-order valence-electron chi connectivity index (χ3n) is 4.37. The number of hydrogen-bond donors (Lipinski definition) is 0. The third-order valence-corrected chi connectivity index (χ3v) is 6.28. The molecule has 2 aromatic carbocycles. The van der Waals surface area contributed by atoms with Crippen molar-refractivity contribution in [3.63, 3.8) is 0 Å². The van der Waals surface area contributed by atoms with Gasteiger partial charge < -0.3 is 9.47 Å². The van der Waals surface area contributed by atoms with Crippen LogP contribution in [0.25, 0.3) is 0 Å². The number of carbonyl (C=O) groups excluding carboxylic acids is 1. The minimum Gasteiger partial charge on any atom is -0.490 e. The Kier molecular flexibility index (Phi) is 6.13. The van der Waals surface area contributed by atoms with Gasteiger partial charge in [-0.3, -0.25) is 0 Å². The molecule has 0 saturated carbocycles. The Hall–Kier alpha value is -2.38. The lowest BCUT2D eigenvalue weighted by molar-refractivity contribution is 0.0450. The van der Waals surface area contributed by atoms with Gasteiger partial charge in [0, 0.05) is 13.1 Å². The van der Waals surface area contributed by atoms with E-state index in [1.165, 1.54) is 28.6 Å². The second-order valence-corrected chi connectivity index (χ2v) is 8.37. The Morgan fingerprint density at radius 1 is 1.04 bits per heavy atom. The normalized spacial score (nSPS) is 14.9. The Labute approximate surface area is 159 Å². The van der Waals surface area contributed by atoms with E-state index in [0.717, 1.165) is 24.2 Å². The van der Waals surface area contributed by atoms with Gasteiger partial charge in [-0.15, -0.1) is 0 Å². The van der Waals surface area contributed by atoms with Crippen molar-refractivity contribution >= 4 is 16.0 Å². The molecule has 0 bridgehead atoms. The molecule has 27 heavy (non-hydrogen) atoms. The van der Waals surface area contributed by atoms with Crippen molar-refractivity contribution in [2.45, 2.75) is 24.7 Å². The van der Waals surface area contributed by atoms with Crippen molar-refractivity contribution in [3.8, 4) is 5.75 Å². The summed E-state index contributed by atoms with van der Waals surface area (Å²) in [5.41, 5.74) is 1.40. The molecule has 7 heteroatoms. The summed E-state index contributed by atoms with van der Waals surface area (Å²) in [7, 11) is -3.48. The van der Waals surface area contributed by atoms with Gasteiger partial charge in [-0.05, 0) is 61.7 Å². The first-order valence-electron chi connectivity index (χ1n) is 8.93. The fourth-order valence-electron chi connectivity index (χ4n) is 2.92. The Morgan fingerprint density at radius 2 is 1.74 bits per heavy atom. The van der Waals surface area contributed by atoms with Crippen LogP contribution in [-0.4, -0.2) is 45.0 Å². The molecule has 0 spiro atoms. The van der Waals surface area contributed by atoms with Gasteiger partial charge in [0.15, 0.2) is 0 Å². The summed E-state index contributed by atoms with van der Waals surface area (Å²) in [6.07, 6.45) is 1.77. The van der Waals surface area contributed by atoms with Gasteiger partial charge in [0.05, 0.1) is 10.5 Å². The number of nitrogens with zero attached hydrogens (tertiary/aromatic N) is 1. The number of ether oxygens (including phenoxy) is 2. The van der Waals surface area contributed by atoms with Crippen LogP contribution in [-0.2, 0) is 14.8 Å². The number of esters is 1. The van der Waals surface area contributed by atoms with E-state index in [4.69, 9.17) is 9.47 Å². The van der Waals surface area contributed by atoms with E-state index >= 15 is 0 Å². The van der Waals surface area contributed by atoms with E-state index in [1.54, 1.807) is 0 Å². The Bertz CT molecular complexity index is 887. The zero-order valence-electron chi connectivity index (χ0n) is 15.3. The summed E-state index contributed by atoms with van der Waals surface area (Å²) in [6, 6.07) is 13.5. The molecular formula is C20H23NO5S. The van der Waals surface area contributed by atoms with Crippen LogP contribution in [0.1, 0.15) is 28.8 Å². The van der Waals surface area contributed by atoms with Crippen molar-refractivity contribution in [3.05, 3.63) is 59.7 Å². The number of sulfonamides is 1. The van der Waals surface area contributed by atoms with Gasteiger partial charge in [-0.2, -0.15) is 4.31 Å². The summed E-state index contributed by atoms with van der Waals surface area (Å²) >= 11 is 0. The fourth-order valence-corrected chi connectivity index (χ4v) is 4.44. The van der Waals surface area contributed by atoms with Crippen molar-refractivity contribution in [1.82, 2.24) is 4.31 Å². The van der Waals surface area contributed by atoms with Gasteiger partial charge >= 0.3 is 5.97 Å². The Balaban J connectivity index is 1.51. The molecule has 0 unspecified atom stereocenters. The van der Waals surface area contributed by atoms with Crippen LogP contribution in [0, 0.1) is 6.92 Å². The van der Waals surface area contributed by atoms with E-state index in [-0.39, 0.29) is 18.1 Å². The van der Waals surface area contributed by atoms with Crippen LogP contribution in [0.2, 0.25) is 0 Å². The lowest BCUT2D eigenvalue weighted by Gasteiger charge is -2.15. The second-order valence-electron chi connectivity index (χ2n) is 6.44. The monoisotopic (exact) mass is 389 g/mol. The zero-order chi connectivity index (χ0) is 19.3. The van der Waals surface area contributed by atoms with Crippen LogP contribution in [0.5, 0.6) is 5.75 Å². The van der Waals surface area contributed by atoms with Crippen LogP contribution in [0.3, 0.4) is 0 Å². The minimum atomic E-state index is -3.48. The molecule has 0 atom stereocenters. The van der Waals surface area contributed by atoms with Crippen LogP contribution >= 0.6 is 0 Å². The standard InChI is InChI=1S/C20H23NO5S/c1-16-5-4-6-18(15-16)25-13-14-26-20(22)17-7-9-19(10-8-17)27(23,24)21-11-2-3-12-21/h4-10,15H,2-3,11-14H2,1H3. The van der Waals surface area contributed by atoms with Crippen molar-refractivity contribution in [1.29, 1.82) is 0 Å². The molecule has 1 saturated heterocycles. The van der Waals surface area contributed by atoms with Gasteiger partial charge in [0.1, 0.15) is 19.0 Å². The van der Waals surface area contributed by atoms with E-state index in [9.17, 15) is 13.2 Å². The first kappa shape index (κ1) is 19.4. The first-order valence-corrected chi connectivity index (χ1v) is 10.4. The lowest BCUT2D eigenvalue weighted by Crippen LogP contribution is -2.27. The fraction of sp³-hybridized carbons (Fsp3) is 0.350. The van der Waals surface area contributed by atoms with Crippen molar-refractivity contribution in [2.75, 3.05) is 26.3 Å². The number of hydrogen-bond acceptors (Lipinski definition) is 5. The van der Waals surface area contributed by atoms with Crippen molar-refractivity contribution < 1.29 is 22.7 Å². The molecule has 0 radical (unpaired) electrons. The first-order chi connectivity index (χ1) is 13.0. The highest BCUT2D eigenvalue weighted by Crippen LogP contribution is 2.21. The topological polar surface area (TPSA) is 72.9 Å². The van der Waals surface area contributed by atoms with Crippen LogP contribution in [0.4, 0.5) is 0 Å². The van der Waals surface area contributed by atoms with Gasteiger partial charge in [-0.25, -0.2) is 13.2 Å². The quantitative estimate of drug-likeness (QED) is 0.538. The maximum absolute atomic E-state index is 12.5. The molecule has 144 valence electrons. The molecule has 3 rings (SSSR count). The summed E-state index contributed by atoms with van der Waals surface area (Å²) in [4.78, 5) is 12.3. The maximum atomic E-state index is 12.5. The van der Waals surface area contributed by atoms with E-state index in [1.807, 2.05) is 31.2 Å². The zero-order valence-corrected chi connectivity index (χ0v) is 16.1. The van der Waals surface area contributed by atoms with Crippen LogP contribution < -0.4 is 4.74 Å². The molecule has 1 fully saturated rings. The largest absolute Gasteiger partial charge is 0.490 e. The summed E-state index contributed by atoms with van der Waals surface area (Å²) in [5, 5.41) is 0. The predicted octanol–water partition coefficient (Wildman–Crippen LogP) is 3.02. The molecule has 0 aromatic heterocycles. The molecule has 1 aliphatic rings. The number of benzene rings is 2. The predicted molar refractivity (Wildman–Crippen MR) is 101 cm³/mol. The average molecular weight is 389 g/mol. The molecule has 2 aromatic rings. The lowest BCUT2D eigenvalue weighted by atomic mass is 10.2. The van der Waals surface area contributed by atoms with Crippen LogP contribution in [0.15, 0.2) is 53.4 Å². The van der Waals surface area contributed by atoms with Gasteiger partial charge in [0.2, 0.25) is 10.0 Å². The van der Waals surface area contributed by atoms with Crippen molar-refractivity contribution in [2.24, 2.45) is 0 Å². The smallest absolute Gasteiger partial charge is 0.338 e. The molecular weight excluding hydrogens is 366 g/mol. The highest BCUT2D eigenvalue weighted by Gasteiger charge is 2.27. The highest BCUT2D eigenvalue weighted by molar-refractivity contribution is 7.89. The Morgan fingerprint density at radius 3 is 2.41 bits per heavy atom. The molecule has 0 amide bonds. The van der Waals surface area contributed by atoms with E-state index in [2.05, 4.69) is 0 Å². The highest BCUT2D eigenvalue weighted by atomic mass is 32.2. The average Bonchev–Trinajstić information content (AvgIpc) is 3.21. The molecule has 0 N–H and O–H groups in total. The number of carbonyl (C=O) groups is 1. The molecule has 1 aliphatic heterocycles. The summed E-state index contributed by atoms with van der Waals surface area (Å²) < 4.78 is 37.1. The summed E-state index contributed by atoms with van der Waals surface area (Å²) in [6.45, 7) is 3.43. The van der Waals surface area contributed by atoms with E-state index in [0.29, 0.717) is 18.7 Å². The molecule has 0 aliphatic carbocycles. The molecule has 1 heterocycles. The summed E-state index contributed by atoms with van der Waals surface area (Å²) in [5.74, 6) is 0.218. The second kappa shape index (κ2) is 8.54. The number of rotatable bonds is 7. The SMILES string of the molecule is Cc1cccc(OCCOC(=O)c2ccc(S(=O)(=O)N3CCCC3)cc2)c1. The minimum absolute atomic E-state index is 0.112.